The van der Waals surface area contributed by atoms with Crippen molar-refractivity contribution in [1.29, 1.82) is 0 Å². The first kappa shape index (κ1) is 14.8. The van der Waals surface area contributed by atoms with Crippen LogP contribution in [0.1, 0.15) is 31.1 Å². The number of halogens is 2. The summed E-state index contributed by atoms with van der Waals surface area (Å²) >= 11 is 12.0. The standard InChI is InChI=1S/C14H14Cl2N4/c1-9(12-4-3-11(15)7-13(12)16)19-20-10(2)14-8-17-5-6-18-14/h3-9,19H,1-2H3. The van der Waals surface area contributed by atoms with Gasteiger partial charge in [0.05, 0.1) is 18.0 Å². The fraction of sp³-hybridized carbons (Fsp3) is 0.214. The van der Waals surface area contributed by atoms with Gasteiger partial charge in [-0.3, -0.25) is 9.97 Å². The molecule has 1 aromatic heterocycles. The number of hydrazone groups is 1. The molecule has 2 aromatic rings. The van der Waals surface area contributed by atoms with Gasteiger partial charge >= 0.3 is 0 Å². The van der Waals surface area contributed by atoms with Crippen molar-refractivity contribution in [2.75, 3.05) is 0 Å². The van der Waals surface area contributed by atoms with Crippen molar-refractivity contribution in [3.05, 3.63) is 58.1 Å². The zero-order valence-electron chi connectivity index (χ0n) is 11.1. The highest BCUT2D eigenvalue weighted by molar-refractivity contribution is 6.35. The number of benzene rings is 1. The van der Waals surface area contributed by atoms with E-state index < -0.39 is 0 Å². The summed E-state index contributed by atoms with van der Waals surface area (Å²) in [6, 6.07) is 5.37. The summed E-state index contributed by atoms with van der Waals surface area (Å²) < 4.78 is 0. The van der Waals surface area contributed by atoms with Gasteiger partial charge < -0.3 is 5.43 Å². The minimum absolute atomic E-state index is 0.0358. The van der Waals surface area contributed by atoms with E-state index in [0.29, 0.717) is 10.0 Å². The lowest BCUT2D eigenvalue weighted by atomic mass is 10.1. The quantitative estimate of drug-likeness (QED) is 0.689. The second-order valence-electron chi connectivity index (χ2n) is 4.30. The van der Waals surface area contributed by atoms with Gasteiger partial charge in [0.1, 0.15) is 5.69 Å². The molecule has 1 unspecified atom stereocenters. The van der Waals surface area contributed by atoms with Crippen molar-refractivity contribution < 1.29 is 0 Å². The van der Waals surface area contributed by atoms with Crippen molar-refractivity contribution in [1.82, 2.24) is 15.4 Å². The summed E-state index contributed by atoms with van der Waals surface area (Å²) in [5.41, 5.74) is 5.48. The monoisotopic (exact) mass is 308 g/mol. The lowest BCUT2D eigenvalue weighted by Crippen LogP contribution is -2.15. The van der Waals surface area contributed by atoms with Crippen LogP contribution in [0.3, 0.4) is 0 Å². The lowest BCUT2D eigenvalue weighted by Gasteiger charge is -2.14. The number of aromatic nitrogens is 2. The fourth-order valence-corrected chi connectivity index (χ4v) is 2.23. The predicted octanol–water partition coefficient (Wildman–Crippen LogP) is 3.86. The van der Waals surface area contributed by atoms with Crippen LogP contribution in [-0.4, -0.2) is 15.7 Å². The van der Waals surface area contributed by atoms with Crippen LogP contribution in [0.5, 0.6) is 0 Å². The van der Waals surface area contributed by atoms with Crippen LogP contribution in [-0.2, 0) is 0 Å². The Morgan fingerprint density at radius 1 is 1.30 bits per heavy atom. The van der Waals surface area contributed by atoms with Crippen molar-refractivity contribution >= 4 is 28.9 Å². The third-order valence-corrected chi connectivity index (χ3v) is 3.35. The molecule has 1 heterocycles. The van der Waals surface area contributed by atoms with E-state index >= 15 is 0 Å². The molecule has 0 bridgehead atoms. The molecule has 4 nitrogen and oxygen atoms in total. The Bertz CT molecular complexity index is 614. The summed E-state index contributed by atoms with van der Waals surface area (Å²) in [4.78, 5) is 8.19. The zero-order chi connectivity index (χ0) is 14.5. The Kier molecular flexibility index (Phi) is 4.93. The minimum Gasteiger partial charge on any atom is -0.302 e. The van der Waals surface area contributed by atoms with E-state index in [0.717, 1.165) is 17.0 Å². The first-order valence-corrected chi connectivity index (χ1v) is 6.84. The van der Waals surface area contributed by atoms with Gasteiger partial charge in [0.25, 0.3) is 0 Å². The highest BCUT2D eigenvalue weighted by Gasteiger charge is 2.09. The Labute approximate surface area is 127 Å². The summed E-state index contributed by atoms with van der Waals surface area (Å²) in [7, 11) is 0. The van der Waals surface area contributed by atoms with Crippen LogP contribution in [0.25, 0.3) is 0 Å². The largest absolute Gasteiger partial charge is 0.302 e. The maximum Gasteiger partial charge on any atom is 0.104 e. The van der Waals surface area contributed by atoms with Crippen molar-refractivity contribution in [2.45, 2.75) is 19.9 Å². The maximum absolute atomic E-state index is 6.16. The van der Waals surface area contributed by atoms with E-state index in [1.807, 2.05) is 19.9 Å². The molecule has 0 aliphatic carbocycles. The molecule has 0 spiro atoms. The SMILES string of the molecule is CC(=NNC(C)c1ccc(Cl)cc1Cl)c1cnccn1. The number of nitrogens with one attached hydrogen (secondary N) is 1. The van der Waals surface area contributed by atoms with Gasteiger partial charge in [0, 0.05) is 22.4 Å². The van der Waals surface area contributed by atoms with E-state index in [1.165, 1.54) is 0 Å². The van der Waals surface area contributed by atoms with E-state index in [9.17, 15) is 0 Å². The minimum atomic E-state index is -0.0358. The molecular formula is C14H14Cl2N4. The average Bonchev–Trinajstić information content (AvgIpc) is 2.45. The van der Waals surface area contributed by atoms with Gasteiger partial charge in [-0.25, -0.2) is 0 Å². The summed E-state index contributed by atoms with van der Waals surface area (Å²) in [5, 5.41) is 5.54. The molecule has 6 heteroatoms. The van der Waals surface area contributed by atoms with Crippen LogP contribution < -0.4 is 5.43 Å². The molecule has 104 valence electrons. The van der Waals surface area contributed by atoms with Gasteiger partial charge in [-0.1, -0.05) is 29.3 Å². The molecule has 2 rings (SSSR count). The smallest absolute Gasteiger partial charge is 0.104 e. The summed E-state index contributed by atoms with van der Waals surface area (Å²) in [6.45, 7) is 3.84. The second kappa shape index (κ2) is 6.68. The van der Waals surface area contributed by atoms with E-state index in [2.05, 4.69) is 20.5 Å². The van der Waals surface area contributed by atoms with Crippen molar-refractivity contribution in [2.24, 2.45) is 5.10 Å². The van der Waals surface area contributed by atoms with Crippen LogP contribution in [0.4, 0.5) is 0 Å². The van der Waals surface area contributed by atoms with Gasteiger partial charge in [-0.05, 0) is 31.5 Å². The number of nitrogens with zero attached hydrogens (tertiary/aromatic N) is 3. The molecule has 1 aromatic carbocycles. The fourth-order valence-electron chi connectivity index (χ4n) is 1.66. The number of rotatable bonds is 4. The van der Waals surface area contributed by atoms with Crippen LogP contribution in [0.15, 0.2) is 41.9 Å². The number of hydrogen-bond acceptors (Lipinski definition) is 4. The maximum atomic E-state index is 6.16. The molecular weight excluding hydrogens is 295 g/mol. The van der Waals surface area contributed by atoms with Crippen molar-refractivity contribution in [3.63, 3.8) is 0 Å². The molecule has 0 radical (unpaired) electrons. The van der Waals surface area contributed by atoms with Crippen LogP contribution in [0.2, 0.25) is 10.0 Å². The molecule has 0 saturated heterocycles. The molecule has 1 atom stereocenters. The lowest BCUT2D eigenvalue weighted by molar-refractivity contribution is 0.605. The van der Waals surface area contributed by atoms with Crippen LogP contribution in [0, 0.1) is 0 Å². The summed E-state index contributed by atoms with van der Waals surface area (Å²) in [5.74, 6) is 0. The molecule has 20 heavy (non-hydrogen) atoms. The van der Waals surface area contributed by atoms with Gasteiger partial charge in [0.2, 0.25) is 0 Å². The first-order valence-electron chi connectivity index (χ1n) is 6.09. The Balaban J connectivity index is 2.10. The molecule has 0 aliphatic rings. The van der Waals surface area contributed by atoms with Gasteiger partial charge in [0.15, 0.2) is 0 Å². The van der Waals surface area contributed by atoms with Gasteiger partial charge in [-0.2, -0.15) is 5.10 Å². The third kappa shape index (κ3) is 3.68. The molecule has 0 saturated carbocycles. The van der Waals surface area contributed by atoms with E-state index in [1.54, 1.807) is 30.7 Å². The number of hydrogen-bond donors (Lipinski definition) is 1. The topological polar surface area (TPSA) is 50.2 Å². The second-order valence-corrected chi connectivity index (χ2v) is 5.15. The first-order chi connectivity index (χ1) is 9.58. The molecule has 1 N–H and O–H groups in total. The van der Waals surface area contributed by atoms with E-state index in [4.69, 9.17) is 23.2 Å². The molecule has 0 amide bonds. The zero-order valence-corrected chi connectivity index (χ0v) is 12.7. The van der Waals surface area contributed by atoms with E-state index in [-0.39, 0.29) is 6.04 Å². The third-order valence-electron chi connectivity index (χ3n) is 2.79. The summed E-state index contributed by atoms with van der Waals surface area (Å²) in [6.07, 6.45) is 4.93. The van der Waals surface area contributed by atoms with Crippen molar-refractivity contribution in [3.8, 4) is 0 Å². The normalized spacial score (nSPS) is 13.1. The predicted molar refractivity (Wildman–Crippen MR) is 82.3 cm³/mol. The Morgan fingerprint density at radius 2 is 2.10 bits per heavy atom. The highest BCUT2D eigenvalue weighted by Crippen LogP contribution is 2.26. The van der Waals surface area contributed by atoms with Crippen LogP contribution >= 0.6 is 23.2 Å². The average molecular weight is 309 g/mol. The molecule has 0 aliphatic heterocycles. The Hall–Kier alpha value is -1.65. The highest BCUT2D eigenvalue weighted by atomic mass is 35.5. The van der Waals surface area contributed by atoms with Gasteiger partial charge in [-0.15, -0.1) is 0 Å². The Morgan fingerprint density at radius 3 is 2.75 bits per heavy atom. The molecule has 0 fully saturated rings.